The maximum Gasteiger partial charge on any atom is 0.417 e. The number of nitrogens with one attached hydrogen (secondary N) is 1. The third kappa shape index (κ3) is 5.21. The summed E-state index contributed by atoms with van der Waals surface area (Å²) in [6.07, 6.45) is -4.44. The van der Waals surface area contributed by atoms with Crippen molar-refractivity contribution in [2.75, 3.05) is 0 Å². The largest absolute Gasteiger partial charge is 0.423 e. The van der Waals surface area contributed by atoms with E-state index in [9.17, 15) is 26.4 Å². The average molecular weight is 487 g/mol. The first-order valence-corrected chi connectivity index (χ1v) is 11.8. The van der Waals surface area contributed by atoms with Gasteiger partial charge in [-0.2, -0.15) is 13.2 Å². The number of sulfonamides is 1. The highest BCUT2D eigenvalue weighted by Gasteiger charge is 2.33. The molecule has 3 aromatic carbocycles. The molecule has 4 aromatic rings. The highest BCUT2D eigenvalue weighted by atomic mass is 32.2. The van der Waals surface area contributed by atoms with Crippen molar-refractivity contribution in [2.45, 2.75) is 30.5 Å². The van der Waals surface area contributed by atoms with Crippen LogP contribution in [0.3, 0.4) is 0 Å². The van der Waals surface area contributed by atoms with Crippen LogP contribution in [0.2, 0.25) is 0 Å². The van der Waals surface area contributed by atoms with E-state index in [4.69, 9.17) is 4.42 Å². The van der Waals surface area contributed by atoms with E-state index < -0.39 is 33.4 Å². The molecule has 0 saturated carbocycles. The van der Waals surface area contributed by atoms with Gasteiger partial charge in [-0.25, -0.2) is 17.9 Å². The molecule has 0 radical (unpaired) electrons. The van der Waals surface area contributed by atoms with Gasteiger partial charge in [-0.15, -0.1) is 0 Å². The van der Waals surface area contributed by atoms with Crippen molar-refractivity contribution in [1.29, 1.82) is 0 Å². The van der Waals surface area contributed by atoms with E-state index in [1.54, 1.807) is 25.1 Å². The van der Waals surface area contributed by atoms with E-state index >= 15 is 0 Å². The van der Waals surface area contributed by atoms with Crippen LogP contribution in [-0.2, 0) is 22.6 Å². The van der Waals surface area contributed by atoms with E-state index in [1.165, 1.54) is 24.3 Å². The van der Waals surface area contributed by atoms with Gasteiger partial charge in [0.15, 0.2) is 0 Å². The van der Waals surface area contributed by atoms with Gasteiger partial charge in [0.25, 0.3) is 0 Å². The molecule has 1 N–H and O–H groups in total. The lowest BCUT2D eigenvalue weighted by Gasteiger charge is -2.15. The molecule has 1 atom stereocenters. The van der Waals surface area contributed by atoms with Crippen LogP contribution in [0.5, 0.6) is 0 Å². The van der Waals surface area contributed by atoms with Crippen molar-refractivity contribution < 1.29 is 26.0 Å². The zero-order valence-corrected chi connectivity index (χ0v) is 18.8. The molecule has 0 amide bonds. The van der Waals surface area contributed by atoms with Gasteiger partial charge >= 0.3 is 11.8 Å². The molecule has 1 heterocycles. The van der Waals surface area contributed by atoms with Crippen molar-refractivity contribution in [2.24, 2.45) is 0 Å². The van der Waals surface area contributed by atoms with Crippen molar-refractivity contribution in [3.05, 3.63) is 112 Å². The normalized spacial score (nSPS) is 13.2. The monoisotopic (exact) mass is 487 g/mol. The SMILES string of the molecule is C[C@H](NS(=O)(=O)c1ccc(Cc2ccc3oc(=O)cc(C(F)(F)F)c3c2)cc1)c1ccccc1. The molecular formula is C25H20F3NO4S. The summed E-state index contributed by atoms with van der Waals surface area (Å²) in [6.45, 7) is 1.75. The molecular weight excluding hydrogens is 467 g/mol. The Morgan fingerprint density at radius 3 is 2.21 bits per heavy atom. The van der Waals surface area contributed by atoms with Gasteiger partial charge in [-0.3, -0.25) is 0 Å². The van der Waals surface area contributed by atoms with Crippen LogP contribution in [0.15, 0.2) is 93.0 Å². The predicted octanol–water partition coefficient (Wildman–Crippen LogP) is 5.44. The van der Waals surface area contributed by atoms with Gasteiger partial charge in [0, 0.05) is 17.5 Å². The third-order valence-corrected chi connectivity index (χ3v) is 6.94. The van der Waals surface area contributed by atoms with Gasteiger partial charge in [-0.1, -0.05) is 48.5 Å². The van der Waals surface area contributed by atoms with Gasteiger partial charge < -0.3 is 4.42 Å². The fraction of sp³-hybridized carbons (Fsp3) is 0.160. The fourth-order valence-corrected chi connectivity index (χ4v) is 4.92. The summed E-state index contributed by atoms with van der Waals surface area (Å²) in [7, 11) is -3.77. The molecule has 4 rings (SSSR count). The Hall–Kier alpha value is -3.43. The molecule has 5 nitrogen and oxygen atoms in total. The molecule has 176 valence electrons. The minimum Gasteiger partial charge on any atom is -0.423 e. The van der Waals surface area contributed by atoms with Crippen molar-refractivity contribution >= 4 is 21.0 Å². The van der Waals surface area contributed by atoms with Crippen LogP contribution in [-0.4, -0.2) is 8.42 Å². The van der Waals surface area contributed by atoms with Crippen LogP contribution in [0.4, 0.5) is 13.2 Å². The number of alkyl halides is 3. The number of benzene rings is 3. The van der Waals surface area contributed by atoms with Crippen LogP contribution in [0.25, 0.3) is 11.0 Å². The zero-order chi connectivity index (χ0) is 24.5. The molecule has 1 aromatic heterocycles. The smallest absolute Gasteiger partial charge is 0.417 e. The zero-order valence-electron chi connectivity index (χ0n) is 18.0. The van der Waals surface area contributed by atoms with Crippen molar-refractivity contribution in [3.63, 3.8) is 0 Å². The summed E-state index contributed by atoms with van der Waals surface area (Å²) in [5.41, 5.74) is -0.185. The van der Waals surface area contributed by atoms with Crippen LogP contribution in [0, 0.1) is 0 Å². The molecule has 0 aliphatic carbocycles. The minimum atomic E-state index is -4.70. The molecule has 0 unspecified atom stereocenters. The molecule has 0 bridgehead atoms. The second-order valence-electron chi connectivity index (χ2n) is 7.88. The highest BCUT2D eigenvalue weighted by Crippen LogP contribution is 2.34. The second kappa shape index (κ2) is 9.08. The number of hydrogen-bond donors (Lipinski definition) is 1. The lowest BCUT2D eigenvalue weighted by Crippen LogP contribution is -2.26. The molecule has 0 fully saturated rings. The van der Waals surface area contributed by atoms with Crippen LogP contribution >= 0.6 is 0 Å². The Balaban J connectivity index is 1.56. The summed E-state index contributed by atoms with van der Waals surface area (Å²) in [4.78, 5) is 11.5. The first-order valence-electron chi connectivity index (χ1n) is 10.3. The summed E-state index contributed by atoms with van der Waals surface area (Å²) in [5.74, 6) is 0. The molecule has 0 saturated heterocycles. The quantitative estimate of drug-likeness (QED) is 0.368. The maximum absolute atomic E-state index is 13.4. The van der Waals surface area contributed by atoms with Gasteiger partial charge in [0.05, 0.1) is 10.5 Å². The summed E-state index contributed by atoms with van der Waals surface area (Å²) in [5, 5.41) is -0.206. The van der Waals surface area contributed by atoms with E-state index in [-0.39, 0.29) is 22.3 Å². The van der Waals surface area contributed by atoms with E-state index in [2.05, 4.69) is 4.72 Å². The molecule has 0 aliphatic heterocycles. The Morgan fingerprint density at radius 2 is 1.56 bits per heavy atom. The van der Waals surface area contributed by atoms with E-state index in [1.807, 2.05) is 30.3 Å². The van der Waals surface area contributed by atoms with E-state index in [0.717, 1.165) is 5.56 Å². The van der Waals surface area contributed by atoms with Gasteiger partial charge in [0.1, 0.15) is 5.58 Å². The summed E-state index contributed by atoms with van der Waals surface area (Å²) >= 11 is 0. The van der Waals surface area contributed by atoms with E-state index in [0.29, 0.717) is 17.2 Å². The van der Waals surface area contributed by atoms with Crippen molar-refractivity contribution in [1.82, 2.24) is 4.72 Å². The predicted molar refractivity (Wildman–Crippen MR) is 122 cm³/mol. The molecule has 9 heteroatoms. The van der Waals surface area contributed by atoms with Crippen LogP contribution in [0.1, 0.15) is 35.2 Å². The number of halogens is 3. The average Bonchev–Trinajstić information content (AvgIpc) is 2.79. The standard InChI is InChI=1S/C25H20F3NO4S/c1-16(19-5-3-2-4-6-19)29-34(31,32)20-10-7-17(8-11-20)13-18-9-12-23-21(14-18)22(25(26,27)28)15-24(30)33-23/h2-12,14-16,29H,13H2,1H3/t16-/m0/s1. The fourth-order valence-electron chi connectivity index (χ4n) is 3.69. The Kier molecular flexibility index (Phi) is 6.33. The molecule has 34 heavy (non-hydrogen) atoms. The lowest BCUT2D eigenvalue weighted by atomic mass is 10.0. The second-order valence-corrected chi connectivity index (χ2v) is 9.60. The number of hydrogen-bond acceptors (Lipinski definition) is 4. The molecule has 0 aliphatic rings. The third-order valence-electron chi connectivity index (χ3n) is 5.39. The minimum absolute atomic E-state index is 0.0821. The Labute approximate surface area is 193 Å². The number of rotatable bonds is 6. The molecule has 0 spiro atoms. The lowest BCUT2D eigenvalue weighted by molar-refractivity contribution is -0.136. The number of fused-ring (bicyclic) bond motifs is 1. The van der Waals surface area contributed by atoms with Gasteiger partial charge in [0.2, 0.25) is 10.0 Å². The summed E-state index contributed by atoms with van der Waals surface area (Å²) < 4.78 is 73.1. The topological polar surface area (TPSA) is 76.4 Å². The Bertz CT molecular complexity index is 1480. The first-order chi connectivity index (χ1) is 16.0. The Morgan fingerprint density at radius 1 is 0.912 bits per heavy atom. The first kappa shape index (κ1) is 23.7. The highest BCUT2D eigenvalue weighted by molar-refractivity contribution is 7.89. The van der Waals surface area contributed by atoms with Crippen molar-refractivity contribution in [3.8, 4) is 0 Å². The van der Waals surface area contributed by atoms with Gasteiger partial charge in [-0.05, 0) is 54.3 Å². The maximum atomic E-state index is 13.4. The van der Waals surface area contributed by atoms with Crippen LogP contribution < -0.4 is 10.3 Å². The summed E-state index contributed by atoms with van der Waals surface area (Å²) in [6, 6.07) is 19.5.